The molecule has 0 bridgehead atoms. The van der Waals surface area contributed by atoms with Crippen LogP contribution >= 0.6 is 0 Å². The molecule has 6 heteroatoms. The van der Waals surface area contributed by atoms with Crippen LogP contribution in [0.3, 0.4) is 0 Å². The zero-order chi connectivity index (χ0) is 17.9. The van der Waals surface area contributed by atoms with Crippen molar-refractivity contribution in [1.82, 2.24) is 16.0 Å². The van der Waals surface area contributed by atoms with Crippen molar-refractivity contribution in [1.29, 1.82) is 0 Å². The Hall–Kier alpha value is -2.24. The van der Waals surface area contributed by atoms with Crippen LogP contribution in [0.1, 0.15) is 49.4 Å². The number of carbonyl (C=O) groups excluding carboxylic acids is 1. The molecule has 0 atom stereocenters. The fourth-order valence-corrected chi connectivity index (χ4v) is 2.96. The van der Waals surface area contributed by atoms with Crippen LogP contribution in [0, 0.1) is 0 Å². The van der Waals surface area contributed by atoms with Crippen LogP contribution in [0.4, 0.5) is 0 Å². The lowest BCUT2D eigenvalue weighted by molar-refractivity contribution is 0.0954. The number of hydrogen-bond donors (Lipinski definition) is 3. The van der Waals surface area contributed by atoms with E-state index < -0.39 is 0 Å². The van der Waals surface area contributed by atoms with Gasteiger partial charge in [0.1, 0.15) is 5.75 Å². The zero-order valence-electron chi connectivity index (χ0n) is 15.3. The van der Waals surface area contributed by atoms with Crippen LogP contribution in [-0.4, -0.2) is 44.7 Å². The van der Waals surface area contributed by atoms with Crippen LogP contribution in [-0.2, 0) is 0 Å². The molecule has 2 rings (SSSR count). The summed E-state index contributed by atoms with van der Waals surface area (Å²) >= 11 is 0. The van der Waals surface area contributed by atoms with E-state index >= 15 is 0 Å². The lowest BCUT2D eigenvalue weighted by Crippen LogP contribution is -2.44. The summed E-state index contributed by atoms with van der Waals surface area (Å²) in [7, 11) is 1.59. The minimum Gasteiger partial charge on any atom is -0.497 e. The lowest BCUT2D eigenvalue weighted by atomic mass is 9.96. The Morgan fingerprint density at radius 3 is 2.76 bits per heavy atom. The highest BCUT2D eigenvalue weighted by Crippen LogP contribution is 2.17. The Kier molecular flexibility index (Phi) is 8.09. The first-order valence-electron chi connectivity index (χ1n) is 9.20. The molecule has 3 N–H and O–H groups in total. The van der Waals surface area contributed by atoms with Gasteiger partial charge in [0.25, 0.3) is 5.91 Å². The Bertz CT molecular complexity index is 568. The van der Waals surface area contributed by atoms with E-state index in [0.29, 0.717) is 30.4 Å². The Labute approximate surface area is 150 Å². The van der Waals surface area contributed by atoms with Crippen molar-refractivity contribution in [3.05, 3.63) is 29.8 Å². The first-order valence-corrected chi connectivity index (χ1v) is 9.20. The molecular formula is C19H30N4O2. The maximum atomic E-state index is 12.2. The van der Waals surface area contributed by atoms with E-state index in [9.17, 15) is 4.79 Å². The van der Waals surface area contributed by atoms with Gasteiger partial charge in [-0.15, -0.1) is 0 Å². The molecule has 138 valence electrons. The summed E-state index contributed by atoms with van der Waals surface area (Å²) in [5.74, 6) is 1.40. The molecular weight excluding hydrogens is 316 g/mol. The standard InChI is InChI=1S/C19H30N4O2/c1-3-20-19(23-16-9-5-4-6-10-16)22-13-12-21-18(24)15-8-7-11-17(14-15)25-2/h7-8,11,14,16H,3-6,9-10,12-13H2,1-2H3,(H,21,24)(H2,20,22,23). The third-order valence-corrected chi connectivity index (χ3v) is 4.29. The molecule has 0 aromatic heterocycles. The number of guanidine groups is 1. The van der Waals surface area contributed by atoms with E-state index in [1.165, 1.54) is 32.1 Å². The summed E-state index contributed by atoms with van der Waals surface area (Å²) in [5, 5.41) is 9.67. The normalized spacial score (nSPS) is 15.5. The van der Waals surface area contributed by atoms with Crippen LogP contribution < -0.4 is 20.7 Å². The van der Waals surface area contributed by atoms with Crippen molar-refractivity contribution in [2.45, 2.75) is 45.1 Å². The number of aliphatic imine (C=N–C) groups is 1. The molecule has 1 fully saturated rings. The van der Waals surface area contributed by atoms with Crippen molar-refractivity contribution >= 4 is 11.9 Å². The van der Waals surface area contributed by atoms with Crippen LogP contribution in [0.25, 0.3) is 0 Å². The van der Waals surface area contributed by atoms with Crippen LogP contribution in [0.15, 0.2) is 29.3 Å². The fourth-order valence-electron chi connectivity index (χ4n) is 2.96. The minimum absolute atomic E-state index is 0.112. The molecule has 1 amide bonds. The first kappa shape index (κ1) is 19.1. The van der Waals surface area contributed by atoms with Crippen molar-refractivity contribution in [2.24, 2.45) is 4.99 Å². The average molecular weight is 346 g/mol. The molecule has 6 nitrogen and oxygen atoms in total. The molecule has 0 heterocycles. The molecule has 0 unspecified atom stereocenters. The van der Waals surface area contributed by atoms with Gasteiger partial charge in [-0.1, -0.05) is 25.3 Å². The van der Waals surface area contributed by atoms with Gasteiger partial charge in [-0.05, 0) is 38.0 Å². The van der Waals surface area contributed by atoms with Crippen molar-refractivity contribution in [3.8, 4) is 5.75 Å². The van der Waals surface area contributed by atoms with Crippen LogP contribution in [0.2, 0.25) is 0 Å². The molecule has 1 aromatic rings. The number of carbonyl (C=O) groups is 1. The second kappa shape index (κ2) is 10.6. The molecule has 25 heavy (non-hydrogen) atoms. The molecule has 0 aliphatic heterocycles. The maximum Gasteiger partial charge on any atom is 0.251 e. The molecule has 0 radical (unpaired) electrons. The quantitative estimate of drug-likeness (QED) is 0.402. The van der Waals surface area contributed by atoms with Crippen LogP contribution in [0.5, 0.6) is 5.75 Å². The number of ether oxygens (including phenoxy) is 1. The van der Waals surface area contributed by atoms with E-state index in [1.807, 2.05) is 12.1 Å². The number of nitrogens with one attached hydrogen (secondary N) is 3. The predicted octanol–water partition coefficient (Wildman–Crippen LogP) is 2.31. The summed E-state index contributed by atoms with van der Waals surface area (Å²) in [5.41, 5.74) is 0.593. The largest absolute Gasteiger partial charge is 0.497 e. The average Bonchev–Trinajstić information content (AvgIpc) is 2.66. The van der Waals surface area contributed by atoms with Gasteiger partial charge >= 0.3 is 0 Å². The summed E-state index contributed by atoms with van der Waals surface area (Å²) in [6.07, 6.45) is 6.32. The number of rotatable bonds is 7. The highest BCUT2D eigenvalue weighted by molar-refractivity contribution is 5.94. The summed E-state index contributed by atoms with van der Waals surface area (Å²) < 4.78 is 5.14. The number of amides is 1. The molecule has 0 saturated heterocycles. The third-order valence-electron chi connectivity index (χ3n) is 4.29. The maximum absolute atomic E-state index is 12.2. The zero-order valence-corrected chi connectivity index (χ0v) is 15.3. The first-order chi connectivity index (χ1) is 12.2. The van der Waals surface area contributed by atoms with Gasteiger partial charge in [0, 0.05) is 24.7 Å². The van der Waals surface area contributed by atoms with Gasteiger partial charge in [-0.2, -0.15) is 0 Å². The van der Waals surface area contributed by atoms with E-state index in [2.05, 4.69) is 27.9 Å². The highest BCUT2D eigenvalue weighted by atomic mass is 16.5. The fraction of sp³-hybridized carbons (Fsp3) is 0.579. The highest BCUT2D eigenvalue weighted by Gasteiger charge is 2.14. The van der Waals surface area contributed by atoms with Gasteiger partial charge in [0.2, 0.25) is 0 Å². The van der Waals surface area contributed by atoms with Gasteiger partial charge in [0.05, 0.1) is 13.7 Å². The molecule has 1 aliphatic rings. The second-order valence-electron chi connectivity index (χ2n) is 6.23. The van der Waals surface area contributed by atoms with Crippen molar-refractivity contribution < 1.29 is 9.53 Å². The van der Waals surface area contributed by atoms with Gasteiger partial charge < -0.3 is 20.7 Å². The summed E-state index contributed by atoms with van der Waals surface area (Å²) in [6.45, 7) is 3.92. The third kappa shape index (κ3) is 6.64. The van der Waals surface area contributed by atoms with Gasteiger partial charge in [-0.3, -0.25) is 9.79 Å². The molecule has 1 saturated carbocycles. The van der Waals surface area contributed by atoms with E-state index in [0.717, 1.165) is 12.5 Å². The number of benzene rings is 1. The lowest BCUT2D eigenvalue weighted by Gasteiger charge is -2.24. The number of methoxy groups -OCH3 is 1. The van der Waals surface area contributed by atoms with E-state index in [1.54, 1.807) is 19.2 Å². The molecule has 0 spiro atoms. The topological polar surface area (TPSA) is 74.8 Å². The summed E-state index contributed by atoms with van der Waals surface area (Å²) in [4.78, 5) is 16.7. The molecule has 1 aromatic carbocycles. The van der Waals surface area contributed by atoms with E-state index in [4.69, 9.17) is 4.74 Å². The summed E-state index contributed by atoms with van der Waals surface area (Å²) in [6, 6.07) is 7.64. The number of nitrogens with zero attached hydrogens (tertiary/aromatic N) is 1. The smallest absolute Gasteiger partial charge is 0.251 e. The monoisotopic (exact) mass is 346 g/mol. The minimum atomic E-state index is -0.112. The second-order valence-corrected chi connectivity index (χ2v) is 6.23. The Balaban J connectivity index is 1.79. The van der Waals surface area contributed by atoms with Crippen molar-refractivity contribution in [2.75, 3.05) is 26.7 Å². The van der Waals surface area contributed by atoms with Gasteiger partial charge in [0.15, 0.2) is 5.96 Å². The molecule has 1 aliphatic carbocycles. The SMILES string of the molecule is CCNC(=NCCNC(=O)c1cccc(OC)c1)NC1CCCCC1. The van der Waals surface area contributed by atoms with Gasteiger partial charge in [-0.25, -0.2) is 0 Å². The number of hydrogen-bond acceptors (Lipinski definition) is 3. The Morgan fingerprint density at radius 2 is 2.04 bits per heavy atom. The van der Waals surface area contributed by atoms with Crippen molar-refractivity contribution in [3.63, 3.8) is 0 Å². The Morgan fingerprint density at radius 1 is 1.24 bits per heavy atom. The predicted molar refractivity (Wildman–Crippen MR) is 101 cm³/mol. The van der Waals surface area contributed by atoms with E-state index in [-0.39, 0.29) is 5.91 Å².